The molecule has 2 aromatic rings. The van der Waals surface area contributed by atoms with Crippen molar-refractivity contribution in [2.24, 2.45) is 0 Å². The number of aliphatic hydroxyl groups is 1. The maximum absolute atomic E-state index is 11.3. The van der Waals surface area contributed by atoms with Crippen LogP contribution in [-0.2, 0) is 11.2 Å². The van der Waals surface area contributed by atoms with Crippen molar-refractivity contribution in [1.29, 1.82) is 0 Å². The number of Topliss-reactive ketones (excluding diaryl/α,β-unsaturated/α-hetero) is 1. The fraction of sp³-hybridized carbons (Fsp3) is 0.188. The number of benzene rings is 2. The number of carbonyl (C=O) groups excluding carboxylic acids is 1. The Morgan fingerprint density at radius 3 is 2.50 bits per heavy atom. The molecular weight excluding hydrogens is 224 g/mol. The van der Waals surface area contributed by atoms with Crippen molar-refractivity contribution in [1.82, 2.24) is 0 Å². The average molecular weight is 238 g/mol. The molecule has 0 atom stereocenters. The van der Waals surface area contributed by atoms with E-state index in [4.69, 9.17) is 0 Å². The van der Waals surface area contributed by atoms with E-state index in [0.717, 1.165) is 11.1 Å². The average Bonchev–Trinajstić information content (AvgIpc) is 2.71. The molecule has 3 rings (SSSR count). The lowest BCUT2D eigenvalue weighted by Gasteiger charge is -2.05. The van der Waals surface area contributed by atoms with E-state index in [0.29, 0.717) is 19.3 Å². The van der Waals surface area contributed by atoms with Gasteiger partial charge in [0.05, 0.1) is 0 Å². The van der Waals surface area contributed by atoms with Gasteiger partial charge in [-0.25, -0.2) is 0 Å². The third kappa shape index (κ3) is 1.90. The predicted octanol–water partition coefficient (Wildman–Crippen LogP) is 3.56. The van der Waals surface area contributed by atoms with Crippen LogP contribution in [0.1, 0.15) is 18.4 Å². The van der Waals surface area contributed by atoms with E-state index in [2.05, 4.69) is 30.3 Å². The molecule has 0 saturated heterocycles. The summed E-state index contributed by atoms with van der Waals surface area (Å²) in [5.41, 5.74) is 2.01. The Morgan fingerprint density at radius 1 is 1.00 bits per heavy atom. The fourth-order valence-electron chi connectivity index (χ4n) is 2.47. The highest BCUT2D eigenvalue weighted by molar-refractivity contribution is 5.96. The number of hydrogen-bond donors (Lipinski definition) is 1. The van der Waals surface area contributed by atoms with Crippen molar-refractivity contribution in [3.63, 3.8) is 0 Å². The molecule has 0 spiro atoms. The molecule has 0 saturated carbocycles. The second-order valence-corrected chi connectivity index (χ2v) is 4.73. The third-order valence-corrected chi connectivity index (χ3v) is 3.48. The minimum absolute atomic E-state index is 0.0110. The lowest BCUT2D eigenvalue weighted by molar-refractivity contribution is -0.117. The number of fused-ring (bicyclic) bond motifs is 1. The summed E-state index contributed by atoms with van der Waals surface area (Å²) >= 11 is 0. The number of rotatable bonds is 2. The summed E-state index contributed by atoms with van der Waals surface area (Å²) < 4.78 is 0. The summed E-state index contributed by atoms with van der Waals surface area (Å²) in [6, 6.07) is 14.5. The number of allylic oxidation sites excluding steroid dienone is 2. The van der Waals surface area contributed by atoms with E-state index in [1.165, 1.54) is 10.8 Å². The van der Waals surface area contributed by atoms with Crippen LogP contribution < -0.4 is 0 Å². The molecule has 0 aliphatic heterocycles. The minimum atomic E-state index is -0.120. The second-order valence-electron chi connectivity index (χ2n) is 4.73. The molecule has 0 radical (unpaired) electrons. The Morgan fingerprint density at radius 2 is 1.78 bits per heavy atom. The summed E-state index contributed by atoms with van der Waals surface area (Å²) in [5.74, 6) is -0.131. The van der Waals surface area contributed by atoms with E-state index in [1.54, 1.807) is 0 Å². The Labute approximate surface area is 106 Å². The van der Waals surface area contributed by atoms with E-state index < -0.39 is 0 Å². The van der Waals surface area contributed by atoms with Crippen LogP contribution in [0.25, 0.3) is 10.8 Å². The van der Waals surface area contributed by atoms with Gasteiger partial charge in [-0.15, -0.1) is 0 Å². The first-order valence-electron chi connectivity index (χ1n) is 6.16. The number of aliphatic hydroxyl groups excluding tert-OH is 1. The standard InChI is InChI=1S/C16H14O2/c17-15-8-7-14(16(15)18)10-11-5-6-12-3-1-2-4-13(12)9-11/h1-6,9,18H,7-8,10H2. The normalized spacial score (nSPS) is 15.7. The van der Waals surface area contributed by atoms with E-state index in [9.17, 15) is 9.90 Å². The van der Waals surface area contributed by atoms with Gasteiger partial charge in [0.1, 0.15) is 0 Å². The van der Waals surface area contributed by atoms with Gasteiger partial charge in [0.15, 0.2) is 11.5 Å². The number of hydrogen-bond acceptors (Lipinski definition) is 2. The topological polar surface area (TPSA) is 37.3 Å². The molecule has 18 heavy (non-hydrogen) atoms. The minimum Gasteiger partial charge on any atom is -0.504 e. The lowest BCUT2D eigenvalue weighted by atomic mass is 10.0. The Balaban J connectivity index is 1.94. The molecule has 0 heterocycles. The van der Waals surface area contributed by atoms with Gasteiger partial charge < -0.3 is 5.11 Å². The molecule has 90 valence electrons. The van der Waals surface area contributed by atoms with Gasteiger partial charge in [0.25, 0.3) is 0 Å². The summed E-state index contributed by atoms with van der Waals surface area (Å²) in [7, 11) is 0. The molecule has 1 aliphatic rings. The van der Waals surface area contributed by atoms with Crippen molar-refractivity contribution >= 4 is 16.6 Å². The fourth-order valence-corrected chi connectivity index (χ4v) is 2.47. The number of carbonyl (C=O) groups is 1. The summed E-state index contributed by atoms with van der Waals surface area (Å²) in [6.45, 7) is 0. The molecule has 0 unspecified atom stereocenters. The van der Waals surface area contributed by atoms with Crippen LogP contribution in [0, 0.1) is 0 Å². The predicted molar refractivity (Wildman–Crippen MR) is 71.5 cm³/mol. The van der Waals surface area contributed by atoms with E-state index in [-0.39, 0.29) is 11.5 Å². The van der Waals surface area contributed by atoms with Gasteiger partial charge in [0, 0.05) is 6.42 Å². The van der Waals surface area contributed by atoms with Crippen molar-refractivity contribution < 1.29 is 9.90 Å². The lowest BCUT2D eigenvalue weighted by Crippen LogP contribution is -1.95. The number of ketones is 1. The zero-order valence-corrected chi connectivity index (χ0v) is 10.0. The van der Waals surface area contributed by atoms with E-state index in [1.807, 2.05) is 12.1 Å². The molecule has 0 amide bonds. The highest BCUT2D eigenvalue weighted by Crippen LogP contribution is 2.25. The molecule has 0 bridgehead atoms. The Hall–Kier alpha value is -2.09. The highest BCUT2D eigenvalue weighted by atomic mass is 16.3. The Kier molecular flexibility index (Phi) is 2.63. The van der Waals surface area contributed by atoms with Gasteiger partial charge in [-0.1, -0.05) is 42.5 Å². The van der Waals surface area contributed by atoms with Crippen LogP contribution in [0.2, 0.25) is 0 Å². The van der Waals surface area contributed by atoms with Crippen LogP contribution in [-0.4, -0.2) is 10.9 Å². The second kappa shape index (κ2) is 4.30. The first-order chi connectivity index (χ1) is 8.74. The maximum Gasteiger partial charge on any atom is 0.197 e. The van der Waals surface area contributed by atoms with E-state index >= 15 is 0 Å². The van der Waals surface area contributed by atoms with Gasteiger partial charge >= 0.3 is 0 Å². The smallest absolute Gasteiger partial charge is 0.197 e. The molecule has 1 aliphatic carbocycles. The van der Waals surface area contributed by atoms with Crippen LogP contribution in [0.4, 0.5) is 0 Å². The molecule has 2 heteroatoms. The van der Waals surface area contributed by atoms with Crippen molar-refractivity contribution in [2.45, 2.75) is 19.3 Å². The van der Waals surface area contributed by atoms with Crippen LogP contribution in [0.5, 0.6) is 0 Å². The summed E-state index contributed by atoms with van der Waals surface area (Å²) in [4.78, 5) is 11.3. The maximum atomic E-state index is 11.3. The molecule has 2 aromatic carbocycles. The van der Waals surface area contributed by atoms with Crippen molar-refractivity contribution in [3.05, 3.63) is 59.4 Å². The van der Waals surface area contributed by atoms with Crippen molar-refractivity contribution in [2.75, 3.05) is 0 Å². The largest absolute Gasteiger partial charge is 0.504 e. The van der Waals surface area contributed by atoms with Gasteiger partial charge in [-0.2, -0.15) is 0 Å². The highest BCUT2D eigenvalue weighted by Gasteiger charge is 2.21. The van der Waals surface area contributed by atoms with Gasteiger partial charge in [-0.3, -0.25) is 4.79 Å². The molecule has 1 N–H and O–H groups in total. The molecule has 0 fully saturated rings. The molecule has 0 aromatic heterocycles. The van der Waals surface area contributed by atoms with Crippen molar-refractivity contribution in [3.8, 4) is 0 Å². The molecule has 2 nitrogen and oxygen atoms in total. The van der Waals surface area contributed by atoms with Crippen LogP contribution in [0.15, 0.2) is 53.8 Å². The Bertz CT molecular complexity index is 653. The SMILES string of the molecule is O=C1CCC(Cc2ccc3ccccc3c2)=C1O. The van der Waals surface area contributed by atoms with Gasteiger partial charge in [-0.05, 0) is 34.8 Å². The first kappa shape index (κ1) is 11.0. The zero-order chi connectivity index (χ0) is 12.5. The quantitative estimate of drug-likeness (QED) is 0.868. The monoisotopic (exact) mass is 238 g/mol. The first-order valence-corrected chi connectivity index (χ1v) is 6.16. The van der Waals surface area contributed by atoms with Crippen LogP contribution in [0.3, 0.4) is 0 Å². The van der Waals surface area contributed by atoms with Gasteiger partial charge in [0.2, 0.25) is 0 Å². The summed E-state index contributed by atoms with van der Waals surface area (Å²) in [5, 5.41) is 12.1. The van der Waals surface area contributed by atoms with Crippen LogP contribution >= 0.6 is 0 Å². The molecular formula is C16H14O2. The third-order valence-electron chi connectivity index (χ3n) is 3.48. The zero-order valence-electron chi connectivity index (χ0n) is 10.0. The summed E-state index contributed by atoms with van der Waals surface area (Å²) in [6.07, 6.45) is 1.81.